The number of nitrogens with zero attached hydrogens (tertiary/aromatic N) is 2. The van der Waals surface area contributed by atoms with Crippen LogP contribution in [0.25, 0.3) is 5.52 Å². The van der Waals surface area contributed by atoms with E-state index in [0.29, 0.717) is 10.5 Å². The van der Waals surface area contributed by atoms with Gasteiger partial charge in [-0.05, 0) is 32.1 Å². The van der Waals surface area contributed by atoms with Crippen LogP contribution in [0.4, 0.5) is 0 Å². The van der Waals surface area contributed by atoms with Crippen LogP contribution < -0.4 is 5.32 Å². The summed E-state index contributed by atoms with van der Waals surface area (Å²) < 4.78 is 1.78. The summed E-state index contributed by atoms with van der Waals surface area (Å²) in [5.74, 6) is -0.288. The minimum absolute atomic E-state index is 0.0527. The number of imidazole rings is 1. The fourth-order valence-electron chi connectivity index (χ4n) is 1.88. The molecule has 0 aliphatic heterocycles. The predicted molar refractivity (Wildman–Crippen MR) is 69.4 cm³/mol. The van der Waals surface area contributed by atoms with E-state index >= 15 is 0 Å². The van der Waals surface area contributed by atoms with Gasteiger partial charge in [0, 0.05) is 17.6 Å². The maximum atomic E-state index is 11.1. The van der Waals surface area contributed by atoms with Crippen molar-refractivity contribution in [3.63, 3.8) is 0 Å². The van der Waals surface area contributed by atoms with Gasteiger partial charge in [0.25, 0.3) is 0 Å². The molecule has 2 N–H and O–H groups in total. The number of aromatic carboxylic acids is 1. The second-order valence-corrected chi connectivity index (χ2v) is 4.43. The molecule has 5 nitrogen and oxygen atoms in total. The number of carboxylic acid groups (broad SMARTS) is 1. The van der Waals surface area contributed by atoms with E-state index in [-0.39, 0.29) is 5.69 Å². The smallest absolute Gasteiger partial charge is 0.356 e. The zero-order valence-electron chi connectivity index (χ0n) is 9.98. The van der Waals surface area contributed by atoms with Gasteiger partial charge in [-0.3, -0.25) is 0 Å². The first-order chi connectivity index (χ1) is 8.63. The van der Waals surface area contributed by atoms with Crippen LogP contribution in [0.1, 0.15) is 22.7 Å². The topological polar surface area (TPSA) is 66.6 Å². The Morgan fingerprint density at radius 2 is 2.39 bits per heavy atom. The van der Waals surface area contributed by atoms with Crippen LogP contribution in [0.2, 0.25) is 5.02 Å². The van der Waals surface area contributed by atoms with Gasteiger partial charge in [0.2, 0.25) is 0 Å². The minimum atomic E-state index is -1.03. The summed E-state index contributed by atoms with van der Waals surface area (Å²) in [7, 11) is 1.88. The Bertz CT molecular complexity index is 580. The van der Waals surface area contributed by atoms with Crippen molar-refractivity contribution in [1.29, 1.82) is 0 Å². The standard InChI is InChI=1S/C12H14ClN3O2/c1-14-5-2-3-10-15-11(12(17)18)9-7-8(13)4-6-16(9)10/h4,6-7,14H,2-3,5H2,1H3,(H,17,18). The average molecular weight is 268 g/mol. The number of pyridine rings is 1. The lowest BCUT2D eigenvalue weighted by molar-refractivity contribution is 0.0693. The summed E-state index contributed by atoms with van der Waals surface area (Å²) in [6.07, 6.45) is 3.38. The highest BCUT2D eigenvalue weighted by Crippen LogP contribution is 2.19. The molecule has 2 heterocycles. The third-order valence-corrected chi connectivity index (χ3v) is 2.94. The number of carboxylic acids is 1. The van der Waals surface area contributed by atoms with Gasteiger partial charge < -0.3 is 14.8 Å². The van der Waals surface area contributed by atoms with Crippen LogP contribution >= 0.6 is 11.6 Å². The molecule has 2 rings (SSSR count). The minimum Gasteiger partial charge on any atom is -0.476 e. The van der Waals surface area contributed by atoms with E-state index in [1.807, 2.05) is 7.05 Å². The molecule has 2 aromatic heterocycles. The average Bonchev–Trinajstić information content (AvgIpc) is 2.68. The number of hydrogen-bond donors (Lipinski definition) is 2. The maximum absolute atomic E-state index is 11.1. The Labute approximate surface area is 109 Å². The van der Waals surface area contributed by atoms with Crippen LogP contribution in [0.3, 0.4) is 0 Å². The van der Waals surface area contributed by atoms with Gasteiger partial charge in [-0.15, -0.1) is 0 Å². The zero-order chi connectivity index (χ0) is 13.1. The molecular formula is C12H14ClN3O2. The van der Waals surface area contributed by atoms with Gasteiger partial charge in [-0.1, -0.05) is 11.6 Å². The van der Waals surface area contributed by atoms with E-state index in [2.05, 4.69) is 10.3 Å². The predicted octanol–water partition coefficient (Wildman–Crippen LogP) is 1.84. The van der Waals surface area contributed by atoms with E-state index in [1.54, 1.807) is 22.7 Å². The number of hydrogen-bond acceptors (Lipinski definition) is 3. The molecule has 0 atom stereocenters. The van der Waals surface area contributed by atoms with Crippen molar-refractivity contribution >= 4 is 23.1 Å². The van der Waals surface area contributed by atoms with E-state index in [1.165, 1.54) is 0 Å². The van der Waals surface area contributed by atoms with Crippen molar-refractivity contribution in [3.05, 3.63) is 34.9 Å². The first kappa shape index (κ1) is 12.9. The molecular weight excluding hydrogens is 254 g/mol. The highest BCUT2D eigenvalue weighted by molar-refractivity contribution is 6.31. The monoisotopic (exact) mass is 267 g/mol. The van der Waals surface area contributed by atoms with Crippen LogP contribution in [0.15, 0.2) is 18.3 Å². The third-order valence-electron chi connectivity index (χ3n) is 2.71. The van der Waals surface area contributed by atoms with Gasteiger partial charge in [0.05, 0.1) is 5.52 Å². The second kappa shape index (κ2) is 5.37. The molecule has 0 aliphatic rings. The SMILES string of the molecule is CNCCCc1nc(C(=O)O)c2cc(Cl)ccn12. The summed E-state index contributed by atoms with van der Waals surface area (Å²) in [4.78, 5) is 15.3. The molecule has 0 bridgehead atoms. The molecule has 0 aromatic carbocycles. The molecule has 0 saturated carbocycles. The van der Waals surface area contributed by atoms with Crippen molar-refractivity contribution in [1.82, 2.24) is 14.7 Å². The molecule has 96 valence electrons. The molecule has 6 heteroatoms. The second-order valence-electron chi connectivity index (χ2n) is 3.99. The Kier molecular flexibility index (Phi) is 3.84. The molecule has 0 amide bonds. The lowest BCUT2D eigenvalue weighted by Gasteiger charge is -2.01. The lowest BCUT2D eigenvalue weighted by Crippen LogP contribution is -2.09. The number of rotatable bonds is 5. The maximum Gasteiger partial charge on any atom is 0.356 e. The van der Waals surface area contributed by atoms with Crippen molar-refractivity contribution < 1.29 is 9.90 Å². The van der Waals surface area contributed by atoms with Crippen LogP contribution in [0.5, 0.6) is 0 Å². The summed E-state index contributed by atoms with van der Waals surface area (Å²) in [5.41, 5.74) is 0.589. The third kappa shape index (κ3) is 2.47. The van der Waals surface area contributed by atoms with Crippen LogP contribution in [-0.2, 0) is 6.42 Å². The lowest BCUT2D eigenvalue weighted by atomic mass is 10.3. The van der Waals surface area contributed by atoms with Crippen molar-refractivity contribution in [2.24, 2.45) is 0 Å². The number of halogens is 1. The molecule has 18 heavy (non-hydrogen) atoms. The molecule has 2 aromatic rings. The van der Waals surface area contributed by atoms with E-state index < -0.39 is 5.97 Å². The first-order valence-electron chi connectivity index (χ1n) is 5.68. The summed E-state index contributed by atoms with van der Waals surface area (Å²) in [6, 6.07) is 3.35. The normalized spacial score (nSPS) is 11.0. The summed E-state index contributed by atoms with van der Waals surface area (Å²) in [5, 5.41) is 12.7. The van der Waals surface area contributed by atoms with Crippen molar-refractivity contribution in [2.75, 3.05) is 13.6 Å². The summed E-state index contributed by atoms with van der Waals surface area (Å²) >= 11 is 5.89. The fourth-order valence-corrected chi connectivity index (χ4v) is 2.04. The largest absolute Gasteiger partial charge is 0.476 e. The Balaban J connectivity index is 2.44. The number of aromatic nitrogens is 2. The number of aryl methyl sites for hydroxylation is 1. The molecule has 0 spiro atoms. The van der Waals surface area contributed by atoms with Gasteiger partial charge >= 0.3 is 5.97 Å². The van der Waals surface area contributed by atoms with Crippen LogP contribution in [-0.4, -0.2) is 34.1 Å². The van der Waals surface area contributed by atoms with Gasteiger partial charge in [0.15, 0.2) is 5.69 Å². The zero-order valence-corrected chi connectivity index (χ0v) is 10.7. The van der Waals surface area contributed by atoms with Crippen molar-refractivity contribution in [2.45, 2.75) is 12.8 Å². The van der Waals surface area contributed by atoms with E-state index in [4.69, 9.17) is 16.7 Å². The van der Waals surface area contributed by atoms with Crippen molar-refractivity contribution in [3.8, 4) is 0 Å². The van der Waals surface area contributed by atoms with Gasteiger partial charge in [-0.2, -0.15) is 0 Å². The Hall–Kier alpha value is -1.59. The number of carbonyl (C=O) groups is 1. The summed E-state index contributed by atoms with van der Waals surface area (Å²) in [6.45, 7) is 0.866. The first-order valence-corrected chi connectivity index (χ1v) is 6.05. The quantitative estimate of drug-likeness (QED) is 0.811. The Morgan fingerprint density at radius 3 is 3.06 bits per heavy atom. The molecule has 0 saturated heterocycles. The molecule has 0 aliphatic carbocycles. The fraction of sp³-hybridized carbons (Fsp3) is 0.333. The van der Waals surface area contributed by atoms with Gasteiger partial charge in [-0.25, -0.2) is 9.78 Å². The Morgan fingerprint density at radius 1 is 1.61 bits per heavy atom. The molecule has 0 fully saturated rings. The van der Waals surface area contributed by atoms with E-state index in [9.17, 15) is 4.79 Å². The van der Waals surface area contributed by atoms with Crippen LogP contribution in [0, 0.1) is 0 Å². The van der Waals surface area contributed by atoms with Gasteiger partial charge in [0.1, 0.15) is 5.82 Å². The highest BCUT2D eigenvalue weighted by Gasteiger charge is 2.16. The number of fused-ring (bicyclic) bond motifs is 1. The molecule has 0 unspecified atom stereocenters. The van der Waals surface area contributed by atoms with E-state index in [0.717, 1.165) is 25.2 Å². The molecule has 0 radical (unpaired) electrons. The highest BCUT2D eigenvalue weighted by atomic mass is 35.5. The number of nitrogens with one attached hydrogen (secondary N) is 1.